The largest absolute Gasteiger partial charge is 0.481 e. The monoisotopic (exact) mass is 572 g/mol. The minimum atomic E-state index is -1.24. The highest BCUT2D eigenvalue weighted by atomic mass is 16.5. The number of aliphatic hydroxyl groups excluding tert-OH is 1. The Bertz CT molecular complexity index is 1130. The lowest BCUT2D eigenvalue weighted by Crippen LogP contribution is -2.72. The first-order valence-corrected chi connectivity index (χ1v) is 16.1. The highest BCUT2D eigenvalue weighted by Gasteiger charge is 2.74. The third-order valence-electron chi connectivity index (χ3n) is 14.3. The maximum atomic E-state index is 13.0. The van der Waals surface area contributed by atoms with E-state index >= 15 is 0 Å². The van der Waals surface area contributed by atoms with Crippen LogP contribution in [-0.2, 0) is 19.1 Å². The molecule has 5 rings (SSSR count). The molecule has 7 nitrogen and oxygen atoms in total. The summed E-state index contributed by atoms with van der Waals surface area (Å²) in [6, 6.07) is 0. The Hall–Kier alpha value is -1.89. The minimum Gasteiger partial charge on any atom is -0.481 e. The molecule has 0 unspecified atom stereocenters. The fourth-order valence-electron chi connectivity index (χ4n) is 12.0. The first-order chi connectivity index (χ1) is 19.0. The molecular formula is C34H52O7. The number of allylic oxidation sites excluding steroid dienone is 1. The Morgan fingerprint density at radius 1 is 0.951 bits per heavy atom. The van der Waals surface area contributed by atoms with Crippen molar-refractivity contribution in [3.05, 3.63) is 12.2 Å². The molecule has 41 heavy (non-hydrogen) atoms. The van der Waals surface area contributed by atoms with Crippen LogP contribution in [0.4, 0.5) is 0 Å². The van der Waals surface area contributed by atoms with Gasteiger partial charge in [0, 0.05) is 6.42 Å². The topological polar surface area (TPSA) is 121 Å². The summed E-state index contributed by atoms with van der Waals surface area (Å²) in [5.41, 5.74) is -1.82. The second-order valence-electron chi connectivity index (χ2n) is 15.6. The number of ether oxygens (including phenoxy) is 1. The number of esters is 1. The van der Waals surface area contributed by atoms with E-state index < -0.39 is 40.4 Å². The van der Waals surface area contributed by atoms with Crippen molar-refractivity contribution in [2.45, 2.75) is 124 Å². The number of aliphatic hydroxyl groups is 1. The van der Waals surface area contributed by atoms with Gasteiger partial charge in [-0.2, -0.15) is 0 Å². The van der Waals surface area contributed by atoms with Crippen molar-refractivity contribution < 1.29 is 34.4 Å². The van der Waals surface area contributed by atoms with Gasteiger partial charge in [0.2, 0.25) is 0 Å². The zero-order chi connectivity index (χ0) is 30.3. The summed E-state index contributed by atoms with van der Waals surface area (Å²) >= 11 is 0. The van der Waals surface area contributed by atoms with Gasteiger partial charge in [-0.3, -0.25) is 14.4 Å². The molecule has 0 saturated heterocycles. The number of rotatable bonds is 5. The zero-order valence-corrected chi connectivity index (χ0v) is 26.0. The number of hydrogen-bond acceptors (Lipinski definition) is 5. The molecule has 0 aromatic heterocycles. The predicted octanol–water partition coefficient (Wildman–Crippen LogP) is 6.48. The standard InChI is InChI=1S/C34H52O7/c1-8-9-25(36)41-24-12-13-30(4)23(33(24,7)28(37)38)11-14-32(6)27(30)22(35)18-21-26-20(3)19(2)10-15-34(26,29(39)40)17-16-31(21,32)5/h20-24,26-27,35H,2,8-18H2,1,3-7H3,(H,37,38)(H,39,40)/t20-,21+,22+,23+,24-,26+,27+,30-,31+,32+,33-,34-/m0/s1. The maximum absolute atomic E-state index is 13.0. The van der Waals surface area contributed by atoms with E-state index in [4.69, 9.17) is 4.74 Å². The van der Waals surface area contributed by atoms with Gasteiger partial charge in [-0.1, -0.05) is 46.8 Å². The molecule has 3 N–H and O–H groups in total. The molecule has 230 valence electrons. The van der Waals surface area contributed by atoms with Gasteiger partial charge in [0.25, 0.3) is 0 Å². The zero-order valence-electron chi connectivity index (χ0n) is 26.0. The van der Waals surface area contributed by atoms with Crippen LogP contribution >= 0.6 is 0 Å². The van der Waals surface area contributed by atoms with Crippen molar-refractivity contribution in [1.82, 2.24) is 0 Å². The fourth-order valence-corrected chi connectivity index (χ4v) is 12.0. The Morgan fingerprint density at radius 2 is 1.63 bits per heavy atom. The lowest BCUT2D eigenvalue weighted by atomic mass is 9.30. The Labute approximate surface area is 245 Å². The van der Waals surface area contributed by atoms with E-state index in [-0.39, 0.29) is 52.8 Å². The quantitative estimate of drug-likeness (QED) is 0.255. The van der Waals surface area contributed by atoms with Gasteiger partial charge >= 0.3 is 17.9 Å². The summed E-state index contributed by atoms with van der Waals surface area (Å²) in [5.74, 6) is -2.29. The van der Waals surface area contributed by atoms with E-state index in [9.17, 15) is 29.7 Å². The average molecular weight is 573 g/mol. The molecule has 0 aliphatic heterocycles. The SMILES string of the molecule is C=C1CC[C@]2(C(=O)O)CC[C@]3(C)[C@H](C[C@@H](O)[C@@H]4[C@@]5(C)CC[C@H](OC(=O)CCC)[C@@](C)(C(=O)O)[C@@H]5CC[C@]43C)[C@H]2[C@H]1C. The third-order valence-corrected chi connectivity index (χ3v) is 14.3. The van der Waals surface area contributed by atoms with Gasteiger partial charge in [0.1, 0.15) is 11.5 Å². The van der Waals surface area contributed by atoms with Gasteiger partial charge in [0.05, 0.1) is 11.5 Å². The molecule has 5 aliphatic rings. The summed E-state index contributed by atoms with van der Waals surface area (Å²) in [4.78, 5) is 38.5. The van der Waals surface area contributed by atoms with Gasteiger partial charge in [0.15, 0.2) is 0 Å². The molecule has 0 radical (unpaired) electrons. The van der Waals surface area contributed by atoms with E-state index in [1.54, 1.807) is 6.92 Å². The third kappa shape index (κ3) is 3.88. The van der Waals surface area contributed by atoms with E-state index in [2.05, 4.69) is 34.3 Å². The summed E-state index contributed by atoms with van der Waals surface area (Å²) in [5, 5.41) is 33.5. The summed E-state index contributed by atoms with van der Waals surface area (Å²) in [6.07, 6.45) is 5.52. The Kier molecular flexibility index (Phi) is 7.32. The molecule has 0 aromatic rings. The normalized spacial score (nSPS) is 50.9. The van der Waals surface area contributed by atoms with E-state index in [1.807, 2.05) is 6.92 Å². The summed E-state index contributed by atoms with van der Waals surface area (Å²) in [6.45, 7) is 17.0. The molecule has 0 spiro atoms. The lowest BCUT2D eigenvalue weighted by Gasteiger charge is -2.74. The van der Waals surface area contributed by atoms with Gasteiger partial charge < -0.3 is 20.1 Å². The van der Waals surface area contributed by atoms with Gasteiger partial charge in [-0.25, -0.2) is 0 Å². The molecule has 0 bridgehead atoms. The predicted molar refractivity (Wildman–Crippen MR) is 155 cm³/mol. The van der Waals surface area contributed by atoms with Crippen LogP contribution in [0.1, 0.15) is 112 Å². The molecule has 5 saturated carbocycles. The highest BCUT2D eigenvalue weighted by Crippen LogP contribution is 2.77. The van der Waals surface area contributed by atoms with Crippen LogP contribution in [0.15, 0.2) is 12.2 Å². The Balaban J connectivity index is 1.55. The van der Waals surface area contributed by atoms with Crippen molar-refractivity contribution in [3.8, 4) is 0 Å². The Morgan fingerprint density at radius 3 is 2.24 bits per heavy atom. The van der Waals surface area contributed by atoms with Crippen LogP contribution < -0.4 is 0 Å². The van der Waals surface area contributed by atoms with Crippen LogP contribution in [0.25, 0.3) is 0 Å². The second-order valence-corrected chi connectivity index (χ2v) is 15.6. The van der Waals surface area contributed by atoms with Crippen LogP contribution in [-0.4, -0.2) is 45.4 Å². The first-order valence-electron chi connectivity index (χ1n) is 16.1. The number of fused-ring (bicyclic) bond motifs is 7. The summed E-state index contributed by atoms with van der Waals surface area (Å²) in [7, 11) is 0. The van der Waals surface area contributed by atoms with Crippen molar-refractivity contribution in [1.29, 1.82) is 0 Å². The molecular weight excluding hydrogens is 520 g/mol. The number of aliphatic carboxylic acids is 2. The van der Waals surface area contributed by atoms with E-state index in [1.165, 1.54) is 0 Å². The second kappa shape index (κ2) is 9.82. The number of carboxylic acids is 2. The molecule has 12 atom stereocenters. The van der Waals surface area contributed by atoms with Crippen LogP contribution in [0.5, 0.6) is 0 Å². The maximum Gasteiger partial charge on any atom is 0.313 e. The molecule has 0 amide bonds. The smallest absolute Gasteiger partial charge is 0.313 e. The number of carbonyl (C=O) groups excluding carboxylic acids is 1. The molecule has 0 heterocycles. The number of carboxylic acid groups (broad SMARTS) is 2. The van der Waals surface area contributed by atoms with E-state index in [0.717, 1.165) is 24.8 Å². The fraction of sp³-hybridized carbons (Fsp3) is 0.853. The molecule has 7 heteroatoms. The molecule has 5 fully saturated rings. The van der Waals surface area contributed by atoms with Crippen LogP contribution in [0.3, 0.4) is 0 Å². The van der Waals surface area contributed by atoms with Gasteiger partial charge in [-0.05, 0) is 117 Å². The van der Waals surface area contributed by atoms with Crippen LogP contribution in [0, 0.1) is 56.7 Å². The lowest BCUT2D eigenvalue weighted by molar-refractivity contribution is -0.282. The van der Waals surface area contributed by atoms with Crippen molar-refractivity contribution >= 4 is 17.9 Å². The number of carbonyl (C=O) groups is 3. The van der Waals surface area contributed by atoms with Crippen molar-refractivity contribution in [3.63, 3.8) is 0 Å². The minimum absolute atomic E-state index is 0.0491. The van der Waals surface area contributed by atoms with Crippen molar-refractivity contribution in [2.24, 2.45) is 56.7 Å². The van der Waals surface area contributed by atoms with E-state index in [0.29, 0.717) is 44.9 Å². The number of hydrogen-bond donors (Lipinski definition) is 3. The highest BCUT2D eigenvalue weighted by molar-refractivity contribution is 5.78. The summed E-state index contributed by atoms with van der Waals surface area (Å²) < 4.78 is 5.86. The average Bonchev–Trinajstić information content (AvgIpc) is 2.88. The van der Waals surface area contributed by atoms with Crippen molar-refractivity contribution in [2.75, 3.05) is 0 Å². The molecule has 5 aliphatic carbocycles. The first kappa shape index (κ1) is 30.6. The van der Waals surface area contributed by atoms with Gasteiger partial charge in [-0.15, -0.1) is 0 Å². The molecule has 0 aromatic carbocycles. The van der Waals surface area contributed by atoms with Crippen LogP contribution in [0.2, 0.25) is 0 Å².